The molecule has 0 heterocycles. The molecule has 98 valence electrons. The maximum Gasteiger partial charge on any atom is 0.137 e. The molecule has 0 spiro atoms. The van der Waals surface area contributed by atoms with Crippen molar-refractivity contribution < 1.29 is 4.39 Å². The molecule has 0 unspecified atom stereocenters. The van der Waals surface area contributed by atoms with Gasteiger partial charge in [-0.15, -0.1) is 0 Å². The van der Waals surface area contributed by atoms with Crippen LogP contribution in [0.5, 0.6) is 0 Å². The Morgan fingerprint density at radius 1 is 1.33 bits per heavy atom. The van der Waals surface area contributed by atoms with Gasteiger partial charge in [-0.2, -0.15) is 0 Å². The van der Waals surface area contributed by atoms with Crippen LogP contribution in [0, 0.1) is 11.7 Å². The molecule has 2 rings (SSSR count). The van der Waals surface area contributed by atoms with Crippen LogP contribution in [0.3, 0.4) is 0 Å². The van der Waals surface area contributed by atoms with E-state index in [2.05, 4.69) is 22.0 Å². The monoisotopic (exact) mass is 311 g/mol. The summed E-state index contributed by atoms with van der Waals surface area (Å²) in [5.74, 6) is 0.374. The Hall–Kier alpha value is -0.670. The van der Waals surface area contributed by atoms with Gasteiger partial charge >= 0.3 is 0 Å². The lowest BCUT2D eigenvalue weighted by Crippen LogP contribution is -2.16. The van der Waals surface area contributed by atoms with Gasteiger partial charge in [0.25, 0.3) is 0 Å². The largest absolute Gasteiger partial charge is 0.327 e. The Morgan fingerprint density at radius 2 is 2.06 bits per heavy atom. The van der Waals surface area contributed by atoms with Gasteiger partial charge in [0.15, 0.2) is 0 Å². The fourth-order valence-electron chi connectivity index (χ4n) is 2.63. The van der Waals surface area contributed by atoms with E-state index in [-0.39, 0.29) is 5.82 Å². The molecular formula is C15H19BrFN. The Labute approximate surface area is 116 Å². The normalized spacial score (nSPS) is 18.1. The van der Waals surface area contributed by atoms with Crippen molar-refractivity contribution in [2.24, 2.45) is 11.7 Å². The number of hydrogen-bond acceptors (Lipinski definition) is 1. The molecule has 0 bridgehead atoms. The standard InChI is InChI=1S/C15H19BrFN/c16-14-7-6-11(9-15(14)17)8-13(10-18)12-4-2-1-3-5-12/h6-9,12H,1-5,10,18H2/b13-8-. The maximum atomic E-state index is 13.5. The third-order valence-electron chi connectivity index (χ3n) is 3.66. The zero-order valence-corrected chi connectivity index (χ0v) is 12.0. The van der Waals surface area contributed by atoms with Crippen molar-refractivity contribution in [1.82, 2.24) is 0 Å². The number of rotatable bonds is 3. The van der Waals surface area contributed by atoms with Gasteiger partial charge in [0, 0.05) is 6.54 Å². The lowest BCUT2D eigenvalue weighted by molar-refractivity contribution is 0.401. The summed E-state index contributed by atoms with van der Waals surface area (Å²) in [6.07, 6.45) is 8.42. The second-order valence-electron chi connectivity index (χ2n) is 4.93. The van der Waals surface area contributed by atoms with Crippen LogP contribution in [0.25, 0.3) is 6.08 Å². The Bertz CT molecular complexity index is 436. The summed E-state index contributed by atoms with van der Waals surface area (Å²) < 4.78 is 14.0. The van der Waals surface area contributed by atoms with Crippen LogP contribution in [0.2, 0.25) is 0 Å². The molecule has 1 fully saturated rings. The van der Waals surface area contributed by atoms with Gasteiger partial charge < -0.3 is 5.73 Å². The maximum absolute atomic E-state index is 13.5. The van der Waals surface area contributed by atoms with E-state index < -0.39 is 0 Å². The lowest BCUT2D eigenvalue weighted by atomic mass is 9.83. The second kappa shape index (κ2) is 6.48. The highest BCUT2D eigenvalue weighted by Gasteiger charge is 2.16. The molecule has 0 amide bonds. The molecule has 0 aromatic heterocycles. The average Bonchev–Trinajstić information content (AvgIpc) is 2.41. The first-order valence-electron chi connectivity index (χ1n) is 6.56. The van der Waals surface area contributed by atoms with Crippen molar-refractivity contribution in [3.63, 3.8) is 0 Å². The van der Waals surface area contributed by atoms with E-state index in [4.69, 9.17) is 5.73 Å². The first kappa shape index (κ1) is 13.8. The molecule has 1 aliphatic rings. The van der Waals surface area contributed by atoms with Crippen molar-refractivity contribution in [1.29, 1.82) is 0 Å². The summed E-state index contributed by atoms with van der Waals surface area (Å²) in [5.41, 5.74) is 8.01. The van der Waals surface area contributed by atoms with Crippen LogP contribution < -0.4 is 5.73 Å². The summed E-state index contributed by atoms with van der Waals surface area (Å²) in [6.45, 7) is 0.572. The molecule has 3 heteroatoms. The van der Waals surface area contributed by atoms with Crippen LogP contribution in [0.1, 0.15) is 37.7 Å². The summed E-state index contributed by atoms with van der Waals surface area (Å²) in [4.78, 5) is 0. The van der Waals surface area contributed by atoms with Crippen molar-refractivity contribution in [3.05, 3.63) is 39.6 Å². The third-order valence-corrected chi connectivity index (χ3v) is 4.30. The molecule has 1 aromatic carbocycles. The van der Waals surface area contributed by atoms with E-state index in [1.54, 1.807) is 12.1 Å². The van der Waals surface area contributed by atoms with E-state index in [1.807, 2.05) is 6.07 Å². The fourth-order valence-corrected chi connectivity index (χ4v) is 2.88. The molecule has 0 aliphatic heterocycles. The van der Waals surface area contributed by atoms with Crippen molar-refractivity contribution >= 4 is 22.0 Å². The second-order valence-corrected chi connectivity index (χ2v) is 5.79. The van der Waals surface area contributed by atoms with Crippen LogP contribution >= 0.6 is 15.9 Å². The molecule has 1 saturated carbocycles. The highest BCUT2D eigenvalue weighted by molar-refractivity contribution is 9.10. The van der Waals surface area contributed by atoms with Gasteiger partial charge in [0.2, 0.25) is 0 Å². The van der Waals surface area contributed by atoms with Gasteiger partial charge in [-0.3, -0.25) is 0 Å². The summed E-state index contributed by atoms with van der Waals surface area (Å²) >= 11 is 3.17. The van der Waals surface area contributed by atoms with Crippen LogP contribution in [0.15, 0.2) is 28.2 Å². The fraction of sp³-hybridized carbons (Fsp3) is 0.467. The van der Waals surface area contributed by atoms with Gasteiger partial charge in [-0.05, 0) is 52.4 Å². The first-order chi connectivity index (χ1) is 8.70. The predicted octanol–water partition coefficient (Wildman–Crippen LogP) is 4.51. The van der Waals surface area contributed by atoms with Crippen LogP contribution in [-0.4, -0.2) is 6.54 Å². The minimum atomic E-state index is -0.219. The highest BCUT2D eigenvalue weighted by atomic mass is 79.9. The highest BCUT2D eigenvalue weighted by Crippen LogP contribution is 2.30. The minimum Gasteiger partial charge on any atom is -0.327 e. The molecule has 1 aromatic rings. The molecule has 2 N–H and O–H groups in total. The van der Waals surface area contributed by atoms with E-state index in [0.29, 0.717) is 16.9 Å². The van der Waals surface area contributed by atoms with Gasteiger partial charge in [-0.25, -0.2) is 4.39 Å². The number of nitrogens with two attached hydrogens (primary N) is 1. The van der Waals surface area contributed by atoms with Gasteiger partial charge in [0.05, 0.1) is 4.47 Å². The number of hydrogen-bond donors (Lipinski definition) is 1. The molecule has 1 nitrogen and oxygen atoms in total. The Balaban J connectivity index is 2.19. The molecule has 1 aliphatic carbocycles. The summed E-state index contributed by atoms with van der Waals surface area (Å²) in [6, 6.07) is 5.23. The molecule has 0 radical (unpaired) electrons. The lowest BCUT2D eigenvalue weighted by Gasteiger charge is -2.24. The van der Waals surface area contributed by atoms with Crippen molar-refractivity contribution in [3.8, 4) is 0 Å². The topological polar surface area (TPSA) is 26.0 Å². The van der Waals surface area contributed by atoms with E-state index in [1.165, 1.54) is 37.7 Å². The number of halogens is 2. The molecular weight excluding hydrogens is 293 g/mol. The zero-order chi connectivity index (χ0) is 13.0. The van der Waals surface area contributed by atoms with Crippen molar-refractivity contribution in [2.45, 2.75) is 32.1 Å². The average molecular weight is 312 g/mol. The number of benzene rings is 1. The van der Waals surface area contributed by atoms with Crippen LogP contribution in [-0.2, 0) is 0 Å². The Morgan fingerprint density at radius 3 is 2.67 bits per heavy atom. The Kier molecular flexibility index (Phi) is 4.95. The zero-order valence-electron chi connectivity index (χ0n) is 10.5. The van der Waals surface area contributed by atoms with Crippen LogP contribution in [0.4, 0.5) is 4.39 Å². The van der Waals surface area contributed by atoms with Gasteiger partial charge in [-0.1, -0.05) is 37.0 Å². The molecule has 0 atom stereocenters. The SMILES string of the molecule is NC/C(=C/c1ccc(Br)c(F)c1)C1CCCCC1. The minimum absolute atomic E-state index is 0.219. The predicted molar refractivity (Wildman–Crippen MR) is 77.7 cm³/mol. The van der Waals surface area contributed by atoms with E-state index in [9.17, 15) is 4.39 Å². The third kappa shape index (κ3) is 3.42. The van der Waals surface area contributed by atoms with E-state index >= 15 is 0 Å². The summed E-state index contributed by atoms with van der Waals surface area (Å²) in [5, 5.41) is 0. The van der Waals surface area contributed by atoms with E-state index in [0.717, 1.165) is 5.56 Å². The molecule has 18 heavy (non-hydrogen) atoms. The summed E-state index contributed by atoms with van der Waals surface area (Å²) in [7, 11) is 0. The smallest absolute Gasteiger partial charge is 0.137 e. The van der Waals surface area contributed by atoms with Gasteiger partial charge in [0.1, 0.15) is 5.82 Å². The van der Waals surface area contributed by atoms with Crippen molar-refractivity contribution in [2.75, 3.05) is 6.54 Å². The quantitative estimate of drug-likeness (QED) is 0.873. The molecule has 0 saturated heterocycles. The first-order valence-corrected chi connectivity index (χ1v) is 7.35.